The van der Waals surface area contributed by atoms with Gasteiger partial charge >= 0.3 is 0 Å². The Kier molecular flexibility index (Phi) is 7.28. The molecule has 29 heavy (non-hydrogen) atoms. The summed E-state index contributed by atoms with van der Waals surface area (Å²) in [6, 6.07) is 12.4. The lowest BCUT2D eigenvalue weighted by Gasteiger charge is -2.08. The van der Waals surface area contributed by atoms with Gasteiger partial charge in [-0.2, -0.15) is 0 Å². The van der Waals surface area contributed by atoms with E-state index >= 15 is 0 Å². The van der Waals surface area contributed by atoms with Gasteiger partial charge in [0.25, 0.3) is 0 Å². The van der Waals surface area contributed by atoms with Gasteiger partial charge in [-0.25, -0.2) is 4.98 Å². The second kappa shape index (κ2) is 9.71. The van der Waals surface area contributed by atoms with Crippen molar-refractivity contribution in [2.24, 2.45) is 0 Å². The molecule has 1 aromatic carbocycles. The van der Waals surface area contributed by atoms with E-state index in [0.717, 1.165) is 14.8 Å². The molecule has 0 spiro atoms. The summed E-state index contributed by atoms with van der Waals surface area (Å²) in [6.45, 7) is 1.90. The van der Waals surface area contributed by atoms with Crippen molar-refractivity contribution in [1.82, 2.24) is 10.3 Å². The first kappa shape index (κ1) is 21.8. The van der Waals surface area contributed by atoms with Crippen LogP contribution in [0, 0.1) is 10.5 Å². The Hall–Kier alpha value is -1.94. The van der Waals surface area contributed by atoms with Crippen molar-refractivity contribution in [1.29, 1.82) is 0 Å². The molecule has 3 aromatic rings. The van der Waals surface area contributed by atoms with Crippen LogP contribution >= 0.6 is 58.0 Å². The zero-order valence-electron chi connectivity index (χ0n) is 15.0. The minimum Gasteiger partial charge on any atom is -0.457 e. The Morgan fingerprint density at radius 2 is 1.90 bits per heavy atom. The molecule has 0 fully saturated rings. The standard InChI is InChI=1S/C20H14Cl2IN3O2S/c1-11-16(23)4-6-18(24-11)25-20(29)26-19(27)7-3-15-2-5-17(28-15)12-8-13(21)10-14(22)9-12/h2-10H,1H3,(H2,24,25,26,27,29)/b7-3+. The van der Waals surface area contributed by atoms with Crippen molar-refractivity contribution < 1.29 is 9.21 Å². The number of aromatic nitrogens is 1. The summed E-state index contributed by atoms with van der Waals surface area (Å²) in [5.74, 6) is 1.26. The van der Waals surface area contributed by atoms with Crippen molar-refractivity contribution in [2.45, 2.75) is 6.92 Å². The molecule has 9 heteroatoms. The van der Waals surface area contributed by atoms with Gasteiger partial charge in [0.1, 0.15) is 17.3 Å². The number of carbonyl (C=O) groups excluding carboxylic acids is 1. The molecular weight excluding hydrogens is 544 g/mol. The fraction of sp³-hybridized carbons (Fsp3) is 0.0500. The van der Waals surface area contributed by atoms with Gasteiger partial charge in [-0.1, -0.05) is 23.2 Å². The first-order chi connectivity index (χ1) is 13.8. The lowest BCUT2D eigenvalue weighted by Crippen LogP contribution is -2.33. The van der Waals surface area contributed by atoms with E-state index in [2.05, 4.69) is 38.2 Å². The van der Waals surface area contributed by atoms with Gasteiger partial charge in [0.15, 0.2) is 5.11 Å². The highest BCUT2D eigenvalue weighted by Gasteiger charge is 2.07. The summed E-state index contributed by atoms with van der Waals surface area (Å²) in [5.41, 5.74) is 1.62. The van der Waals surface area contributed by atoms with E-state index in [4.69, 9.17) is 39.8 Å². The Morgan fingerprint density at radius 1 is 1.17 bits per heavy atom. The summed E-state index contributed by atoms with van der Waals surface area (Å²) < 4.78 is 6.76. The fourth-order valence-electron chi connectivity index (χ4n) is 2.37. The van der Waals surface area contributed by atoms with Crippen molar-refractivity contribution in [3.8, 4) is 11.3 Å². The maximum absolute atomic E-state index is 12.1. The summed E-state index contributed by atoms with van der Waals surface area (Å²) in [5, 5.41) is 6.62. The van der Waals surface area contributed by atoms with E-state index in [1.165, 1.54) is 6.08 Å². The lowest BCUT2D eigenvalue weighted by molar-refractivity contribution is -0.115. The number of hydrogen-bond acceptors (Lipinski definition) is 4. The number of amides is 1. The van der Waals surface area contributed by atoms with E-state index in [1.54, 1.807) is 42.5 Å². The Labute approximate surface area is 196 Å². The maximum Gasteiger partial charge on any atom is 0.250 e. The lowest BCUT2D eigenvalue weighted by atomic mass is 10.2. The number of aryl methyl sites for hydroxylation is 1. The number of benzene rings is 1. The SMILES string of the molecule is Cc1nc(NC(=S)NC(=O)/C=C/c2ccc(-c3cc(Cl)cc(Cl)c3)o2)ccc1I. The molecule has 0 aliphatic carbocycles. The van der Waals surface area contributed by atoms with E-state index < -0.39 is 5.91 Å². The molecule has 0 saturated carbocycles. The number of carbonyl (C=O) groups is 1. The minimum absolute atomic E-state index is 0.154. The molecule has 0 aliphatic rings. The largest absolute Gasteiger partial charge is 0.457 e. The number of anilines is 1. The van der Waals surface area contributed by atoms with Gasteiger partial charge in [0.05, 0.1) is 5.69 Å². The van der Waals surface area contributed by atoms with Gasteiger partial charge in [0.2, 0.25) is 5.91 Å². The van der Waals surface area contributed by atoms with E-state index in [9.17, 15) is 4.79 Å². The van der Waals surface area contributed by atoms with E-state index in [-0.39, 0.29) is 5.11 Å². The van der Waals surface area contributed by atoms with Gasteiger partial charge in [-0.15, -0.1) is 0 Å². The highest BCUT2D eigenvalue weighted by molar-refractivity contribution is 14.1. The first-order valence-corrected chi connectivity index (χ1v) is 10.5. The van der Waals surface area contributed by atoms with E-state index in [1.807, 2.05) is 13.0 Å². The molecule has 5 nitrogen and oxygen atoms in total. The van der Waals surface area contributed by atoms with Crippen molar-refractivity contribution in [3.05, 3.63) is 73.6 Å². The van der Waals surface area contributed by atoms with Gasteiger partial charge in [0, 0.05) is 25.3 Å². The molecule has 0 radical (unpaired) electrons. The van der Waals surface area contributed by atoms with Crippen LogP contribution in [0.4, 0.5) is 5.82 Å². The highest BCUT2D eigenvalue weighted by Crippen LogP contribution is 2.28. The fourth-order valence-corrected chi connectivity index (χ4v) is 3.40. The van der Waals surface area contributed by atoms with E-state index in [0.29, 0.717) is 27.4 Å². The monoisotopic (exact) mass is 557 g/mol. The molecule has 2 aromatic heterocycles. The molecule has 0 unspecified atom stereocenters. The van der Waals surface area contributed by atoms with Crippen LogP contribution in [0.3, 0.4) is 0 Å². The third-order valence-corrected chi connectivity index (χ3v) is 5.45. The Balaban J connectivity index is 1.59. The van der Waals surface area contributed by atoms with Gasteiger partial charge in [-0.05, 0) is 90.3 Å². The zero-order valence-corrected chi connectivity index (χ0v) is 19.5. The average molecular weight is 558 g/mol. The predicted molar refractivity (Wildman–Crippen MR) is 129 cm³/mol. The van der Waals surface area contributed by atoms with Crippen LogP contribution in [0.1, 0.15) is 11.5 Å². The van der Waals surface area contributed by atoms with Crippen LogP contribution in [-0.2, 0) is 4.79 Å². The third kappa shape index (κ3) is 6.27. The summed E-state index contributed by atoms with van der Waals surface area (Å²) in [4.78, 5) is 16.4. The number of halogens is 3. The second-order valence-corrected chi connectivity index (χ2v) is 8.34. The number of rotatable bonds is 4. The van der Waals surface area contributed by atoms with Crippen LogP contribution in [0.5, 0.6) is 0 Å². The highest BCUT2D eigenvalue weighted by atomic mass is 127. The number of pyridine rings is 1. The van der Waals surface area contributed by atoms with Crippen LogP contribution in [0.25, 0.3) is 17.4 Å². The van der Waals surface area contributed by atoms with Gasteiger partial charge < -0.3 is 9.73 Å². The normalized spacial score (nSPS) is 10.9. The van der Waals surface area contributed by atoms with Crippen molar-refractivity contribution >= 4 is 80.9 Å². The number of furan rings is 1. The maximum atomic E-state index is 12.1. The van der Waals surface area contributed by atoms with Crippen molar-refractivity contribution in [3.63, 3.8) is 0 Å². The molecule has 2 heterocycles. The molecule has 148 valence electrons. The Bertz CT molecular complexity index is 1090. The Morgan fingerprint density at radius 3 is 2.59 bits per heavy atom. The topological polar surface area (TPSA) is 67.2 Å². The molecule has 1 amide bonds. The van der Waals surface area contributed by atoms with Crippen LogP contribution in [-0.4, -0.2) is 16.0 Å². The number of thiocarbonyl (C=S) groups is 1. The quantitative estimate of drug-likeness (QED) is 0.231. The molecule has 3 rings (SSSR count). The number of nitrogens with one attached hydrogen (secondary N) is 2. The first-order valence-electron chi connectivity index (χ1n) is 8.29. The number of nitrogens with zero attached hydrogens (tertiary/aromatic N) is 1. The molecule has 0 saturated heterocycles. The van der Waals surface area contributed by atoms with Crippen molar-refractivity contribution in [2.75, 3.05) is 5.32 Å². The average Bonchev–Trinajstić information content (AvgIpc) is 3.11. The zero-order chi connectivity index (χ0) is 21.0. The van der Waals surface area contributed by atoms with Crippen LogP contribution < -0.4 is 10.6 Å². The summed E-state index contributed by atoms with van der Waals surface area (Å²) in [6.07, 6.45) is 2.87. The number of hydrogen-bond donors (Lipinski definition) is 2. The molecular formula is C20H14Cl2IN3O2S. The predicted octanol–water partition coefficient (Wildman–Crippen LogP) is 6.09. The minimum atomic E-state index is -0.395. The van der Waals surface area contributed by atoms with Crippen LogP contribution in [0.15, 0.2) is 53.0 Å². The summed E-state index contributed by atoms with van der Waals surface area (Å²) >= 11 is 19.4. The third-order valence-electron chi connectivity index (χ3n) is 3.67. The molecule has 2 N–H and O–H groups in total. The second-order valence-electron chi connectivity index (χ2n) is 5.90. The molecule has 0 atom stereocenters. The molecule has 0 bridgehead atoms. The summed E-state index contributed by atoms with van der Waals surface area (Å²) in [7, 11) is 0. The molecule has 0 aliphatic heterocycles. The smallest absolute Gasteiger partial charge is 0.250 e. The van der Waals surface area contributed by atoms with Gasteiger partial charge in [-0.3, -0.25) is 10.1 Å². The van der Waals surface area contributed by atoms with Crippen LogP contribution in [0.2, 0.25) is 10.0 Å².